The van der Waals surface area contributed by atoms with Gasteiger partial charge in [0, 0.05) is 5.69 Å². The number of carbonyl (C=O) groups is 2. The number of anilines is 2. The number of aryl methyl sites for hydroxylation is 2. The zero-order valence-corrected chi connectivity index (χ0v) is 21.0. The molecule has 1 heterocycles. The van der Waals surface area contributed by atoms with Crippen molar-refractivity contribution in [3.05, 3.63) is 94.7 Å². The number of para-hydroxylation sites is 2. The summed E-state index contributed by atoms with van der Waals surface area (Å²) in [7, 11) is 0. The van der Waals surface area contributed by atoms with Gasteiger partial charge in [-0.2, -0.15) is 0 Å². The van der Waals surface area contributed by atoms with Crippen LogP contribution in [0.5, 0.6) is 5.75 Å². The number of benzene rings is 3. The van der Waals surface area contributed by atoms with E-state index in [-0.39, 0.29) is 11.6 Å². The van der Waals surface area contributed by atoms with E-state index in [1.54, 1.807) is 12.1 Å². The predicted molar refractivity (Wildman–Crippen MR) is 142 cm³/mol. The lowest BCUT2D eigenvalue weighted by atomic mass is 9.97. The van der Waals surface area contributed by atoms with Gasteiger partial charge in [0.25, 0.3) is 11.8 Å². The van der Waals surface area contributed by atoms with Crippen LogP contribution < -0.4 is 15.0 Å². The van der Waals surface area contributed by atoms with Crippen LogP contribution in [0.4, 0.5) is 11.4 Å². The first-order valence-corrected chi connectivity index (χ1v) is 12.1. The van der Waals surface area contributed by atoms with Crippen molar-refractivity contribution in [2.24, 2.45) is 0 Å². The third kappa shape index (κ3) is 4.85. The van der Waals surface area contributed by atoms with Gasteiger partial charge in [0.2, 0.25) is 0 Å². The third-order valence-electron chi connectivity index (χ3n) is 6.15. The standard InChI is InChI=1S/C30H32N2O3/c1-6-17-35-26-10-8-7-9-25(26)32-29(33)27(24-16-11-20(4)18-21(24)5)28(30(32)34)31-23-14-12-22(13-15-23)19(2)3/h7-16,18-19,31H,6,17H2,1-5H3. The topological polar surface area (TPSA) is 58.6 Å². The smallest absolute Gasteiger partial charge is 0.282 e. The monoisotopic (exact) mass is 468 g/mol. The van der Waals surface area contributed by atoms with Crippen molar-refractivity contribution < 1.29 is 14.3 Å². The maximum atomic E-state index is 13.9. The summed E-state index contributed by atoms with van der Waals surface area (Å²) >= 11 is 0. The molecule has 3 aromatic carbocycles. The number of imide groups is 1. The van der Waals surface area contributed by atoms with E-state index >= 15 is 0 Å². The van der Waals surface area contributed by atoms with Gasteiger partial charge in [0.05, 0.1) is 17.9 Å². The molecule has 0 saturated carbocycles. The Hall–Kier alpha value is -3.86. The van der Waals surface area contributed by atoms with Crippen molar-refractivity contribution in [2.75, 3.05) is 16.8 Å². The van der Waals surface area contributed by atoms with Crippen LogP contribution in [0.1, 0.15) is 55.4 Å². The lowest BCUT2D eigenvalue weighted by Crippen LogP contribution is -2.32. The lowest BCUT2D eigenvalue weighted by Gasteiger charge is -2.19. The Kier molecular flexibility index (Phi) is 7.06. The number of amides is 2. The quantitative estimate of drug-likeness (QED) is 0.378. The van der Waals surface area contributed by atoms with Crippen LogP contribution in [0.25, 0.3) is 5.57 Å². The number of hydrogen-bond donors (Lipinski definition) is 1. The molecule has 1 aliphatic rings. The minimum atomic E-state index is -0.398. The first kappa shape index (κ1) is 24.3. The maximum absolute atomic E-state index is 13.9. The van der Waals surface area contributed by atoms with Crippen molar-refractivity contribution in [2.45, 2.75) is 47.0 Å². The van der Waals surface area contributed by atoms with Crippen LogP contribution in [-0.2, 0) is 9.59 Å². The number of carbonyl (C=O) groups excluding carboxylic acids is 2. The van der Waals surface area contributed by atoms with Gasteiger partial charge in [0.1, 0.15) is 11.4 Å². The fourth-order valence-electron chi connectivity index (χ4n) is 4.28. The number of ether oxygens (including phenoxy) is 1. The molecule has 5 heteroatoms. The Morgan fingerprint density at radius 3 is 2.29 bits per heavy atom. The van der Waals surface area contributed by atoms with Crippen molar-refractivity contribution >= 4 is 28.8 Å². The second kappa shape index (κ2) is 10.2. The molecule has 0 radical (unpaired) electrons. The summed E-state index contributed by atoms with van der Waals surface area (Å²) in [5.41, 5.74) is 5.82. The average Bonchev–Trinajstić information content (AvgIpc) is 3.07. The Bertz CT molecular complexity index is 1290. The average molecular weight is 469 g/mol. The van der Waals surface area contributed by atoms with Crippen LogP contribution in [0.3, 0.4) is 0 Å². The van der Waals surface area contributed by atoms with Crippen molar-refractivity contribution in [3.8, 4) is 5.75 Å². The summed E-state index contributed by atoms with van der Waals surface area (Å²) in [4.78, 5) is 28.9. The number of nitrogens with zero attached hydrogens (tertiary/aromatic N) is 1. The molecule has 0 bridgehead atoms. The van der Waals surface area contributed by atoms with E-state index in [0.717, 1.165) is 28.8 Å². The van der Waals surface area contributed by atoms with Crippen LogP contribution >= 0.6 is 0 Å². The normalized spacial score (nSPS) is 13.7. The molecule has 3 aromatic rings. The molecular weight excluding hydrogens is 436 g/mol. The molecule has 0 unspecified atom stereocenters. The molecule has 0 atom stereocenters. The third-order valence-corrected chi connectivity index (χ3v) is 6.15. The van der Waals surface area contributed by atoms with Gasteiger partial charge in [-0.3, -0.25) is 9.59 Å². The van der Waals surface area contributed by atoms with Gasteiger partial charge in [-0.05, 0) is 67.1 Å². The fourth-order valence-corrected chi connectivity index (χ4v) is 4.28. The molecule has 0 spiro atoms. The summed E-state index contributed by atoms with van der Waals surface area (Å²) in [6.07, 6.45) is 0.821. The van der Waals surface area contributed by atoms with E-state index in [4.69, 9.17) is 4.74 Å². The van der Waals surface area contributed by atoms with Crippen molar-refractivity contribution in [1.82, 2.24) is 0 Å². The molecule has 1 aliphatic heterocycles. The van der Waals surface area contributed by atoms with E-state index in [1.807, 2.05) is 75.4 Å². The molecule has 1 N–H and O–H groups in total. The zero-order chi connectivity index (χ0) is 25.1. The van der Waals surface area contributed by atoms with Crippen LogP contribution in [-0.4, -0.2) is 18.4 Å². The van der Waals surface area contributed by atoms with E-state index in [1.165, 1.54) is 10.5 Å². The Labute approximate surface area is 207 Å². The summed E-state index contributed by atoms with van der Waals surface area (Å²) in [6.45, 7) is 10.8. The van der Waals surface area contributed by atoms with Crippen LogP contribution in [0.15, 0.2) is 72.4 Å². The lowest BCUT2D eigenvalue weighted by molar-refractivity contribution is -0.120. The van der Waals surface area contributed by atoms with Gasteiger partial charge in [0.15, 0.2) is 0 Å². The summed E-state index contributed by atoms with van der Waals surface area (Å²) in [5, 5.41) is 3.27. The van der Waals surface area contributed by atoms with E-state index in [9.17, 15) is 9.59 Å². The SMILES string of the molecule is CCCOc1ccccc1N1C(=O)C(Nc2ccc(C(C)C)cc2)=C(c2ccc(C)cc2C)C1=O. The summed E-state index contributed by atoms with van der Waals surface area (Å²) < 4.78 is 5.88. The highest BCUT2D eigenvalue weighted by atomic mass is 16.5. The molecular formula is C30H32N2O3. The molecule has 5 nitrogen and oxygen atoms in total. The fraction of sp³-hybridized carbons (Fsp3) is 0.267. The molecule has 2 amide bonds. The molecule has 0 aliphatic carbocycles. The van der Waals surface area contributed by atoms with Gasteiger partial charge < -0.3 is 10.1 Å². The highest BCUT2D eigenvalue weighted by molar-refractivity contribution is 6.46. The predicted octanol–water partition coefficient (Wildman–Crippen LogP) is 6.61. The second-order valence-electron chi connectivity index (χ2n) is 9.23. The van der Waals surface area contributed by atoms with Gasteiger partial charge in [-0.15, -0.1) is 0 Å². The number of hydrogen-bond acceptors (Lipinski definition) is 4. The van der Waals surface area contributed by atoms with Gasteiger partial charge in [-0.25, -0.2) is 4.90 Å². The first-order chi connectivity index (χ1) is 16.8. The number of nitrogens with one attached hydrogen (secondary N) is 1. The van der Waals surface area contributed by atoms with E-state index < -0.39 is 5.91 Å². The molecule has 0 fully saturated rings. The van der Waals surface area contributed by atoms with Crippen LogP contribution in [0.2, 0.25) is 0 Å². The zero-order valence-electron chi connectivity index (χ0n) is 21.0. The first-order valence-electron chi connectivity index (χ1n) is 12.1. The highest BCUT2D eigenvalue weighted by Crippen LogP contribution is 2.39. The largest absolute Gasteiger partial charge is 0.491 e. The molecule has 0 aromatic heterocycles. The van der Waals surface area contributed by atoms with Gasteiger partial charge in [-0.1, -0.05) is 68.8 Å². The highest BCUT2D eigenvalue weighted by Gasteiger charge is 2.41. The minimum Gasteiger partial charge on any atom is -0.491 e. The Morgan fingerprint density at radius 1 is 0.914 bits per heavy atom. The van der Waals surface area contributed by atoms with E-state index in [0.29, 0.717) is 29.5 Å². The maximum Gasteiger partial charge on any atom is 0.282 e. The van der Waals surface area contributed by atoms with Crippen LogP contribution in [0, 0.1) is 13.8 Å². The summed E-state index contributed by atoms with van der Waals surface area (Å²) in [6, 6.07) is 21.1. The number of rotatable bonds is 8. The molecule has 0 saturated heterocycles. The Morgan fingerprint density at radius 2 is 1.63 bits per heavy atom. The Balaban J connectivity index is 1.81. The minimum absolute atomic E-state index is 0.268. The summed E-state index contributed by atoms with van der Waals surface area (Å²) in [5.74, 6) is 0.152. The van der Waals surface area contributed by atoms with Crippen molar-refractivity contribution in [1.29, 1.82) is 0 Å². The van der Waals surface area contributed by atoms with Crippen molar-refractivity contribution in [3.63, 3.8) is 0 Å². The second-order valence-corrected chi connectivity index (χ2v) is 9.23. The van der Waals surface area contributed by atoms with Gasteiger partial charge >= 0.3 is 0 Å². The molecule has 180 valence electrons. The van der Waals surface area contributed by atoms with E-state index in [2.05, 4.69) is 19.2 Å². The molecule has 35 heavy (non-hydrogen) atoms. The molecule has 4 rings (SSSR count).